The van der Waals surface area contributed by atoms with Gasteiger partial charge in [-0.2, -0.15) is 0 Å². The van der Waals surface area contributed by atoms with Gasteiger partial charge in [0.2, 0.25) is 11.2 Å². The van der Waals surface area contributed by atoms with Crippen molar-refractivity contribution in [2.45, 2.75) is 10.9 Å². The van der Waals surface area contributed by atoms with Crippen molar-refractivity contribution >= 4 is 23.8 Å². The number of thioether (sulfide) groups is 1. The molecule has 0 saturated heterocycles. The fourth-order valence-corrected chi connectivity index (χ4v) is 2.65. The molecule has 0 aliphatic carbocycles. The number of aromatic nitrogens is 2. The van der Waals surface area contributed by atoms with Gasteiger partial charge in [-0.05, 0) is 17.7 Å². The van der Waals surface area contributed by atoms with Crippen LogP contribution in [0.25, 0.3) is 6.08 Å². The Bertz CT molecular complexity index is 956. The van der Waals surface area contributed by atoms with E-state index in [4.69, 9.17) is 9.15 Å². The Morgan fingerprint density at radius 3 is 2.65 bits per heavy atom. The number of hydrogen-bond acceptors (Lipinski definition) is 7. The van der Waals surface area contributed by atoms with Gasteiger partial charge in [-0.25, -0.2) is 14.8 Å². The summed E-state index contributed by atoms with van der Waals surface area (Å²) in [5, 5.41) is 0.580. The normalized spacial score (nSPS) is 10.8. The molecule has 0 N–H and O–H groups in total. The Morgan fingerprint density at radius 1 is 1.15 bits per heavy atom. The van der Waals surface area contributed by atoms with Gasteiger partial charge in [-0.1, -0.05) is 42.1 Å². The second kappa shape index (κ2) is 8.77. The van der Waals surface area contributed by atoms with Gasteiger partial charge >= 0.3 is 5.97 Å². The third-order valence-electron chi connectivity index (χ3n) is 3.16. The SMILES string of the molecule is O=C(/C=C/c1ccccc1)Oc1coc(CSc2ncccn2)cc1=O. The van der Waals surface area contributed by atoms with Crippen molar-refractivity contribution in [2.24, 2.45) is 0 Å². The zero-order chi connectivity index (χ0) is 18.2. The molecule has 130 valence electrons. The predicted molar refractivity (Wildman–Crippen MR) is 97.7 cm³/mol. The maximum absolute atomic E-state index is 12.1. The maximum atomic E-state index is 12.1. The largest absolute Gasteiger partial charge is 0.464 e. The van der Waals surface area contributed by atoms with Crippen molar-refractivity contribution in [3.8, 4) is 5.75 Å². The molecule has 0 bridgehead atoms. The number of carbonyl (C=O) groups is 1. The van der Waals surface area contributed by atoms with E-state index < -0.39 is 11.4 Å². The van der Waals surface area contributed by atoms with Gasteiger partial charge < -0.3 is 9.15 Å². The quantitative estimate of drug-likeness (QED) is 0.286. The molecule has 0 aliphatic heterocycles. The number of hydrogen-bond donors (Lipinski definition) is 0. The van der Waals surface area contributed by atoms with E-state index in [9.17, 15) is 9.59 Å². The summed E-state index contributed by atoms with van der Waals surface area (Å²) in [5.74, 6) is 0.0203. The molecule has 1 aromatic carbocycles. The summed E-state index contributed by atoms with van der Waals surface area (Å²) in [5.41, 5.74) is 0.425. The van der Waals surface area contributed by atoms with E-state index >= 15 is 0 Å². The van der Waals surface area contributed by atoms with Crippen LogP contribution >= 0.6 is 11.8 Å². The van der Waals surface area contributed by atoms with Crippen molar-refractivity contribution in [3.05, 3.63) is 88.7 Å². The van der Waals surface area contributed by atoms with Crippen LogP contribution < -0.4 is 10.2 Å². The molecule has 2 heterocycles. The van der Waals surface area contributed by atoms with Crippen molar-refractivity contribution in [1.82, 2.24) is 9.97 Å². The van der Waals surface area contributed by atoms with Gasteiger partial charge in [0, 0.05) is 24.5 Å². The van der Waals surface area contributed by atoms with Crippen LogP contribution in [-0.2, 0) is 10.5 Å². The molecule has 0 aliphatic rings. The number of carbonyl (C=O) groups excluding carboxylic acids is 1. The molecule has 0 unspecified atom stereocenters. The van der Waals surface area contributed by atoms with E-state index in [1.54, 1.807) is 24.5 Å². The summed E-state index contributed by atoms with van der Waals surface area (Å²) in [6.07, 6.45) is 7.27. The molecule has 3 rings (SSSR count). The first-order valence-corrected chi connectivity index (χ1v) is 8.66. The maximum Gasteiger partial charge on any atom is 0.336 e. The molecule has 7 heteroatoms. The van der Waals surface area contributed by atoms with Crippen LogP contribution in [0.4, 0.5) is 0 Å². The number of esters is 1. The lowest BCUT2D eigenvalue weighted by atomic mass is 10.2. The van der Waals surface area contributed by atoms with E-state index in [1.807, 2.05) is 30.3 Å². The second-order valence-electron chi connectivity index (χ2n) is 5.06. The lowest BCUT2D eigenvalue weighted by Gasteiger charge is -2.02. The Balaban J connectivity index is 1.59. The third-order valence-corrected chi connectivity index (χ3v) is 4.06. The zero-order valence-corrected chi connectivity index (χ0v) is 14.4. The lowest BCUT2D eigenvalue weighted by molar-refractivity contribution is -0.129. The first-order valence-electron chi connectivity index (χ1n) is 7.67. The van der Waals surface area contributed by atoms with E-state index in [0.717, 1.165) is 11.8 Å². The molecule has 6 nitrogen and oxygen atoms in total. The highest BCUT2D eigenvalue weighted by molar-refractivity contribution is 7.98. The van der Waals surface area contributed by atoms with E-state index in [2.05, 4.69) is 9.97 Å². The van der Waals surface area contributed by atoms with E-state index in [1.165, 1.54) is 23.9 Å². The summed E-state index contributed by atoms with van der Waals surface area (Å²) in [7, 11) is 0. The highest BCUT2D eigenvalue weighted by Crippen LogP contribution is 2.18. The molecule has 26 heavy (non-hydrogen) atoms. The van der Waals surface area contributed by atoms with Crippen LogP contribution in [0.1, 0.15) is 11.3 Å². The minimum absolute atomic E-state index is 0.155. The van der Waals surface area contributed by atoms with Crippen molar-refractivity contribution < 1.29 is 13.9 Å². The Hall–Kier alpha value is -3.19. The molecular weight excluding hydrogens is 352 g/mol. The van der Waals surface area contributed by atoms with E-state index in [0.29, 0.717) is 16.7 Å². The van der Waals surface area contributed by atoms with E-state index in [-0.39, 0.29) is 5.75 Å². The molecule has 3 aromatic rings. The topological polar surface area (TPSA) is 82.3 Å². The van der Waals surface area contributed by atoms with Crippen LogP contribution in [0.2, 0.25) is 0 Å². The minimum atomic E-state index is -0.652. The Labute approximate surface area is 153 Å². The summed E-state index contributed by atoms with van der Waals surface area (Å²) < 4.78 is 10.4. The minimum Gasteiger partial charge on any atom is -0.464 e. The predicted octanol–water partition coefficient (Wildman–Crippen LogP) is 3.34. The molecular formula is C19H14N2O4S. The summed E-state index contributed by atoms with van der Waals surface area (Å²) >= 11 is 1.33. The standard InChI is InChI=1S/C19H14N2O4S/c22-16-11-15(13-26-19-20-9-4-10-21-19)24-12-17(16)25-18(23)8-7-14-5-2-1-3-6-14/h1-12H,13H2/b8-7+. The lowest BCUT2D eigenvalue weighted by Crippen LogP contribution is -2.12. The third kappa shape index (κ3) is 5.15. The fourth-order valence-electron chi connectivity index (χ4n) is 1.96. The molecule has 0 spiro atoms. The van der Waals surface area contributed by atoms with Gasteiger partial charge in [0.25, 0.3) is 0 Å². The average molecular weight is 366 g/mol. The summed E-state index contributed by atoms with van der Waals surface area (Å²) in [4.78, 5) is 32.0. The summed E-state index contributed by atoms with van der Waals surface area (Å²) in [6, 6.07) is 12.3. The molecule has 0 radical (unpaired) electrons. The van der Waals surface area contributed by atoms with Crippen LogP contribution in [0, 0.1) is 0 Å². The van der Waals surface area contributed by atoms with Crippen LogP contribution in [0.3, 0.4) is 0 Å². The number of benzene rings is 1. The molecule has 2 aromatic heterocycles. The van der Waals surface area contributed by atoms with Gasteiger partial charge in [0.05, 0.1) is 5.75 Å². The van der Waals surface area contributed by atoms with Gasteiger partial charge in [-0.3, -0.25) is 4.79 Å². The van der Waals surface area contributed by atoms with Crippen LogP contribution in [0.15, 0.2) is 81.6 Å². The Kier molecular flexibility index (Phi) is 5.95. The van der Waals surface area contributed by atoms with Crippen molar-refractivity contribution in [3.63, 3.8) is 0 Å². The van der Waals surface area contributed by atoms with Crippen molar-refractivity contribution in [1.29, 1.82) is 0 Å². The van der Waals surface area contributed by atoms with Gasteiger partial charge in [-0.15, -0.1) is 0 Å². The average Bonchev–Trinajstić information content (AvgIpc) is 2.68. The monoisotopic (exact) mass is 366 g/mol. The first kappa shape index (κ1) is 17.6. The molecule has 0 saturated carbocycles. The first-order chi connectivity index (χ1) is 12.7. The molecule has 0 atom stereocenters. The Morgan fingerprint density at radius 2 is 1.92 bits per heavy atom. The smallest absolute Gasteiger partial charge is 0.336 e. The number of ether oxygens (including phenoxy) is 1. The highest BCUT2D eigenvalue weighted by Gasteiger charge is 2.09. The molecule has 0 amide bonds. The fraction of sp³-hybridized carbons (Fsp3) is 0.0526. The number of rotatable bonds is 6. The van der Waals surface area contributed by atoms with Crippen LogP contribution in [0.5, 0.6) is 5.75 Å². The van der Waals surface area contributed by atoms with Gasteiger partial charge in [0.1, 0.15) is 12.0 Å². The number of nitrogens with zero attached hydrogens (tertiary/aromatic N) is 2. The second-order valence-corrected chi connectivity index (χ2v) is 6.00. The highest BCUT2D eigenvalue weighted by atomic mass is 32.2. The van der Waals surface area contributed by atoms with Crippen molar-refractivity contribution in [2.75, 3.05) is 0 Å². The van der Waals surface area contributed by atoms with Gasteiger partial charge in [0.15, 0.2) is 5.16 Å². The zero-order valence-electron chi connectivity index (χ0n) is 13.6. The van der Waals surface area contributed by atoms with Crippen LogP contribution in [-0.4, -0.2) is 15.9 Å². The summed E-state index contributed by atoms with van der Waals surface area (Å²) in [6.45, 7) is 0. The molecule has 0 fully saturated rings.